The van der Waals surface area contributed by atoms with Gasteiger partial charge in [-0.25, -0.2) is 4.79 Å². The molecule has 0 radical (unpaired) electrons. The normalized spacial score (nSPS) is 31.9. The number of rotatable bonds is 5. The Morgan fingerprint density at radius 1 is 1.22 bits per heavy atom. The molecule has 1 aromatic heterocycles. The number of nitrogens with zero attached hydrogens (tertiary/aromatic N) is 2. The zero-order valence-corrected chi connectivity index (χ0v) is 15.6. The van der Waals surface area contributed by atoms with E-state index >= 15 is 0 Å². The van der Waals surface area contributed by atoms with Gasteiger partial charge in [0.25, 0.3) is 0 Å². The highest BCUT2D eigenvalue weighted by Gasteiger charge is 2.51. The Morgan fingerprint density at radius 3 is 2.33 bits per heavy atom. The fourth-order valence-electron chi connectivity index (χ4n) is 5.85. The molecule has 0 saturated heterocycles. The lowest BCUT2D eigenvalue weighted by Gasteiger charge is -2.56. The van der Waals surface area contributed by atoms with Gasteiger partial charge in [0.2, 0.25) is 0 Å². The van der Waals surface area contributed by atoms with E-state index in [-0.39, 0.29) is 11.6 Å². The molecule has 27 heavy (non-hydrogen) atoms. The van der Waals surface area contributed by atoms with Crippen LogP contribution in [0.1, 0.15) is 56.3 Å². The zero-order chi connectivity index (χ0) is 19.2. The summed E-state index contributed by atoms with van der Waals surface area (Å²) in [5.74, 6) is 2.30. The third-order valence-electron chi connectivity index (χ3n) is 6.52. The number of carbonyl (C=O) groups is 1. The van der Waals surface area contributed by atoms with Crippen molar-refractivity contribution in [3.8, 4) is 0 Å². The number of carbonyl (C=O) groups excluding carboxylic acids is 1. The van der Waals surface area contributed by atoms with E-state index in [0.29, 0.717) is 25.2 Å². The average Bonchev–Trinajstić information content (AvgIpc) is 2.91. The quantitative estimate of drug-likeness (QED) is 0.757. The van der Waals surface area contributed by atoms with Crippen LogP contribution in [0.15, 0.2) is 6.07 Å². The molecule has 0 aromatic carbocycles. The molecule has 0 unspecified atom stereocenters. The lowest BCUT2D eigenvalue weighted by atomic mass is 9.53. The summed E-state index contributed by atoms with van der Waals surface area (Å²) in [6, 6.07) is 0.901. The Morgan fingerprint density at radius 2 is 1.81 bits per heavy atom. The highest BCUT2D eigenvalue weighted by Crippen LogP contribution is 2.55. The van der Waals surface area contributed by atoms with Crippen molar-refractivity contribution in [2.75, 3.05) is 6.54 Å². The molecule has 4 bridgehead atoms. The Bertz CT molecular complexity index is 677. The van der Waals surface area contributed by atoms with E-state index in [1.54, 1.807) is 6.92 Å². The Hall–Kier alpha value is -1.73. The van der Waals surface area contributed by atoms with Crippen molar-refractivity contribution in [2.24, 2.45) is 17.8 Å². The molecule has 2 N–H and O–H groups in total. The van der Waals surface area contributed by atoms with E-state index in [9.17, 15) is 18.0 Å². The van der Waals surface area contributed by atoms with Crippen LogP contribution in [0.2, 0.25) is 0 Å². The van der Waals surface area contributed by atoms with Gasteiger partial charge in [0.15, 0.2) is 5.69 Å². The van der Waals surface area contributed by atoms with Crippen molar-refractivity contribution < 1.29 is 18.0 Å². The van der Waals surface area contributed by atoms with Gasteiger partial charge < -0.3 is 10.6 Å². The van der Waals surface area contributed by atoms with Crippen LogP contribution in [-0.4, -0.2) is 27.9 Å². The van der Waals surface area contributed by atoms with Crippen molar-refractivity contribution in [3.05, 3.63) is 17.5 Å². The summed E-state index contributed by atoms with van der Waals surface area (Å²) in [7, 11) is 0. The molecule has 5 nitrogen and oxygen atoms in total. The lowest BCUT2D eigenvalue weighted by molar-refractivity contribution is -0.141. The minimum Gasteiger partial charge on any atom is -0.338 e. The molecular weight excluding hydrogens is 357 g/mol. The van der Waals surface area contributed by atoms with Crippen molar-refractivity contribution >= 4 is 6.03 Å². The second-order valence-corrected chi connectivity index (χ2v) is 8.82. The molecule has 4 fully saturated rings. The standard InChI is InChI=1S/C19H27F3N4O/c1-12-5-16(19(20,21)22)25-26(12)4-2-3-23-17(27)24-18-9-13-6-14(10-18)8-15(7-13)11-18/h5,13-15H,2-4,6-11H2,1H3,(H2,23,24,27). The Labute approximate surface area is 157 Å². The monoisotopic (exact) mass is 384 g/mol. The number of hydrogen-bond acceptors (Lipinski definition) is 2. The van der Waals surface area contributed by atoms with Gasteiger partial charge in [0.05, 0.1) is 0 Å². The van der Waals surface area contributed by atoms with E-state index < -0.39 is 11.9 Å². The van der Waals surface area contributed by atoms with E-state index in [2.05, 4.69) is 15.7 Å². The Balaban J connectivity index is 1.23. The smallest absolute Gasteiger partial charge is 0.338 e. The van der Waals surface area contributed by atoms with Gasteiger partial charge in [-0.15, -0.1) is 0 Å². The number of aromatic nitrogens is 2. The van der Waals surface area contributed by atoms with Crippen LogP contribution in [0.25, 0.3) is 0 Å². The van der Waals surface area contributed by atoms with Crippen molar-refractivity contribution in [2.45, 2.75) is 70.1 Å². The molecule has 4 saturated carbocycles. The highest BCUT2D eigenvalue weighted by molar-refractivity contribution is 5.74. The second-order valence-electron chi connectivity index (χ2n) is 8.82. The minimum absolute atomic E-state index is 0.0288. The predicted octanol–water partition coefficient (Wildman–Crippen LogP) is 3.87. The van der Waals surface area contributed by atoms with Gasteiger partial charge in [0.1, 0.15) is 0 Å². The van der Waals surface area contributed by atoms with Gasteiger partial charge in [-0.1, -0.05) is 0 Å². The minimum atomic E-state index is -4.42. The van der Waals surface area contributed by atoms with E-state index in [4.69, 9.17) is 0 Å². The highest BCUT2D eigenvalue weighted by atomic mass is 19.4. The maximum Gasteiger partial charge on any atom is 0.435 e. The molecule has 4 aliphatic rings. The first kappa shape index (κ1) is 18.6. The molecule has 2 amide bonds. The molecule has 1 heterocycles. The third kappa shape index (κ3) is 3.94. The maximum absolute atomic E-state index is 12.7. The van der Waals surface area contributed by atoms with Gasteiger partial charge >= 0.3 is 12.2 Å². The summed E-state index contributed by atoms with van der Waals surface area (Å²) in [5.41, 5.74) is -0.424. The lowest BCUT2D eigenvalue weighted by Crippen LogP contribution is -2.61. The van der Waals surface area contributed by atoms with Crippen molar-refractivity contribution in [1.82, 2.24) is 20.4 Å². The molecule has 1 aromatic rings. The molecule has 150 valence electrons. The molecule has 0 spiro atoms. The third-order valence-corrected chi connectivity index (χ3v) is 6.52. The number of halogens is 3. The van der Waals surface area contributed by atoms with Gasteiger partial charge in [-0.3, -0.25) is 4.68 Å². The van der Waals surface area contributed by atoms with Gasteiger partial charge in [-0.2, -0.15) is 18.3 Å². The number of amides is 2. The molecule has 5 rings (SSSR count). The summed E-state index contributed by atoms with van der Waals surface area (Å²) in [4.78, 5) is 12.3. The number of aryl methyl sites for hydroxylation is 2. The summed E-state index contributed by atoms with van der Waals surface area (Å²) < 4.78 is 39.4. The van der Waals surface area contributed by atoms with Crippen molar-refractivity contribution in [3.63, 3.8) is 0 Å². The van der Waals surface area contributed by atoms with Gasteiger partial charge in [-0.05, 0) is 75.7 Å². The fraction of sp³-hybridized carbons (Fsp3) is 0.789. The van der Waals surface area contributed by atoms with Crippen molar-refractivity contribution in [1.29, 1.82) is 0 Å². The van der Waals surface area contributed by atoms with Crippen LogP contribution in [0.3, 0.4) is 0 Å². The first-order valence-electron chi connectivity index (χ1n) is 9.90. The molecule has 0 aliphatic heterocycles. The summed E-state index contributed by atoms with van der Waals surface area (Å²) in [5, 5.41) is 9.72. The van der Waals surface area contributed by atoms with Crippen LogP contribution in [0.5, 0.6) is 0 Å². The van der Waals surface area contributed by atoms with Crippen LogP contribution >= 0.6 is 0 Å². The second kappa shape index (κ2) is 6.71. The van der Waals surface area contributed by atoms with E-state index in [0.717, 1.165) is 43.1 Å². The van der Waals surface area contributed by atoms with Crippen LogP contribution in [0, 0.1) is 24.7 Å². The number of urea groups is 1. The molecule has 8 heteroatoms. The first-order valence-corrected chi connectivity index (χ1v) is 9.90. The molecule has 0 atom stereocenters. The maximum atomic E-state index is 12.7. The average molecular weight is 384 g/mol. The SMILES string of the molecule is Cc1cc(C(F)(F)F)nn1CCCNC(=O)NC12CC3CC(CC(C3)C1)C2. The summed E-state index contributed by atoms with van der Waals surface area (Å²) >= 11 is 0. The number of hydrogen-bond donors (Lipinski definition) is 2. The van der Waals surface area contributed by atoms with E-state index in [1.165, 1.54) is 23.9 Å². The first-order chi connectivity index (χ1) is 12.7. The largest absolute Gasteiger partial charge is 0.435 e. The number of nitrogens with one attached hydrogen (secondary N) is 2. The van der Waals surface area contributed by atoms with Crippen LogP contribution < -0.4 is 10.6 Å². The van der Waals surface area contributed by atoms with Crippen LogP contribution in [-0.2, 0) is 12.7 Å². The molecule has 4 aliphatic carbocycles. The summed E-state index contributed by atoms with van der Waals surface area (Å²) in [6.45, 7) is 2.37. The summed E-state index contributed by atoms with van der Waals surface area (Å²) in [6.07, 6.45) is 3.38. The van der Waals surface area contributed by atoms with Crippen LogP contribution in [0.4, 0.5) is 18.0 Å². The fourth-order valence-corrected chi connectivity index (χ4v) is 5.85. The predicted molar refractivity (Wildman–Crippen MR) is 94.0 cm³/mol. The van der Waals surface area contributed by atoms with Gasteiger partial charge in [0, 0.05) is 24.3 Å². The van der Waals surface area contributed by atoms with E-state index in [1.807, 2.05) is 0 Å². The Kier molecular flexibility index (Phi) is 4.63. The number of alkyl halides is 3. The topological polar surface area (TPSA) is 59.0 Å². The zero-order valence-electron chi connectivity index (χ0n) is 15.6. The molecular formula is C19H27F3N4O.